The zero-order chi connectivity index (χ0) is 16.8. The number of nitrogens with zero attached hydrogens (tertiary/aromatic N) is 1. The molecule has 1 aliphatic rings. The Morgan fingerprint density at radius 3 is 2.65 bits per heavy atom. The van der Waals surface area contributed by atoms with Gasteiger partial charge in [0.1, 0.15) is 0 Å². The van der Waals surface area contributed by atoms with E-state index < -0.39 is 0 Å². The number of primary amides is 1. The standard InChI is InChI=1S/C16H22BrN3O2S/c1-2-7-20(10-13-3-4-14(17)23-13)15(21)11-19-8-5-12(6-9-19)16(18)22/h2-4,12H,1,5-11H2,(H2,18,22)/p+1. The van der Waals surface area contributed by atoms with Gasteiger partial charge in [0.25, 0.3) is 5.91 Å². The van der Waals surface area contributed by atoms with Crippen molar-refractivity contribution in [2.75, 3.05) is 26.2 Å². The van der Waals surface area contributed by atoms with E-state index in [-0.39, 0.29) is 17.7 Å². The van der Waals surface area contributed by atoms with Crippen LogP contribution in [0.5, 0.6) is 0 Å². The van der Waals surface area contributed by atoms with E-state index in [2.05, 4.69) is 22.5 Å². The summed E-state index contributed by atoms with van der Waals surface area (Å²) >= 11 is 5.09. The Morgan fingerprint density at radius 2 is 2.13 bits per heavy atom. The van der Waals surface area contributed by atoms with Crippen molar-refractivity contribution in [1.82, 2.24) is 4.90 Å². The molecule has 2 heterocycles. The Kier molecular flexibility index (Phi) is 6.80. The third-order valence-corrected chi connectivity index (χ3v) is 5.78. The molecule has 7 heteroatoms. The summed E-state index contributed by atoms with van der Waals surface area (Å²) in [7, 11) is 0. The van der Waals surface area contributed by atoms with Crippen LogP contribution in [0.4, 0.5) is 0 Å². The summed E-state index contributed by atoms with van der Waals surface area (Å²) in [5, 5.41) is 0. The molecule has 126 valence electrons. The van der Waals surface area contributed by atoms with E-state index >= 15 is 0 Å². The van der Waals surface area contributed by atoms with Crippen molar-refractivity contribution < 1.29 is 14.5 Å². The highest BCUT2D eigenvalue weighted by atomic mass is 79.9. The van der Waals surface area contributed by atoms with Gasteiger partial charge < -0.3 is 15.5 Å². The number of quaternary nitrogens is 1. The van der Waals surface area contributed by atoms with Gasteiger partial charge in [-0.2, -0.15) is 0 Å². The lowest BCUT2D eigenvalue weighted by molar-refractivity contribution is -0.898. The molecule has 3 N–H and O–H groups in total. The first-order valence-electron chi connectivity index (χ1n) is 7.75. The maximum Gasteiger partial charge on any atom is 0.278 e. The number of rotatable bonds is 7. The average Bonchev–Trinajstić information content (AvgIpc) is 2.92. The zero-order valence-corrected chi connectivity index (χ0v) is 15.5. The summed E-state index contributed by atoms with van der Waals surface area (Å²) in [6.07, 6.45) is 3.31. The molecule has 2 amide bonds. The van der Waals surface area contributed by atoms with E-state index in [1.165, 1.54) is 4.90 Å². The Hall–Kier alpha value is -1.18. The molecule has 1 fully saturated rings. The van der Waals surface area contributed by atoms with E-state index in [1.807, 2.05) is 17.0 Å². The molecule has 0 aliphatic carbocycles. The van der Waals surface area contributed by atoms with Crippen LogP contribution in [0, 0.1) is 5.92 Å². The molecule has 0 unspecified atom stereocenters. The first kappa shape index (κ1) is 18.2. The Morgan fingerprint density at radius 1 is 1.43 bits per heavy atom. The van der Waals surface area contributed by atoms with Crippen LogP contribution in [0.2, 0.25) is 0 Å². The van der Waals surface area contributed by atoms with Crippen LogP contribution in [0.15, 0.2) is 28.6 Å². The SMILES string of the molecule is C=CCN(Cc1ccc(Br)s1)C(=O)C[NH+]1CCC(C(N)=O)CC1. The van der Waals surface area contributed by atoms with Crippen molar-refractivity contribution in [1.29, 1.82) is 0 Å². The smallest absolute Gasteiger partial charge is 0.278 e. The minimum Gasteiger partial charge on any atom is -0.369 e. The zero-order valence-electron chi connectivity index (χ0n) is 13.1. The van der Waals surface area contributed by atoms with Gasteiger partial charge in [0.15, 0.2) is 6.54 Å². The van der Waals surface area contributed by atoms with Gasteiger partial charge in [-0.25, -0.2) is 0 Å². The average molecular weight is 401 g/mol. The molecule has 1 aromatic rings. The minimum absolute atomic E-state index is 0.0263. The van der Waals surface area contributed by atoms with Crippen molar-refractivity contribution in [3.63, 3.8) is 0 Å². The molecule has 0 spiro atoms. The summed E-state index contributed by atoms with van der Waals surface area (Å²) in [5.74, 6) is -0.115. The molecule has 5 nitrogen and oxygen atoms in total. The highest BCUT2D eigenvalue weighted by molar-refractivity contribution is 9.11. The van der Waals surface area contributed by atoms with Gasteiger partial charge in [0.05, 0.1) is 23.4 Å². The molecular weight excluding hydrogens is 378 g/mol. The normalized spacial score (nSPS) is 20.9. The van der Waals surface area contributed by atoms with Crippen LogP contribution in [0.25, 0.3) is 0 Å². The minimum atomic E-state index is -0.216. The van der Waals surface area contributed by atoms with Gasteiger partial charge in [-0.3, -0.25) is 9.59 Å². The molecule has 23 heavy (non-hydrogen) atoms. The highest BCUT2D eigenvalue weighted by Gasteiger charge is 2.28. The van der Waals surface area contributed by atoms with E-state index in [9.17, 15) is 9.59 Å². The van der Waals surface area contributed by atoms with Gasteiger partial charge in [-0.15, -0.1) is 17.9 Å². The number of amides is 2. The van der Waals surface area contributed by atoms with Crippen LogP contribution in [0.1, 0.15) is 17.7 Å². The number of piperidine rings is 1. The van der Waals surface area contributed by atoms with Gasteiger partial charge in [-0.05, 0) is 28.1 Å². The number of nitrogens with one attached hydrogen (secondary N) is 1. The van der Waals surface area contributed by atoms with Gasteiger partial charge in [-0.1, -0.05) is 6.08 Å². The molecule has 0 aromatic carbocycles. The topological polar surface area (TPSA) is 67.8 Å². The summed E-state index contributed by atoms with van der Waals surface area (Å²) in [5.41, 5.74) is 5.35. The number of carbonyl (C=O) groups is 2. The Labute approximate surface area is 149 Å². The van der Waals surface area contributed by atoms with E-state index in [4.69, 9.17) is 5.73 Å². The molecule has 0 radical (unpaired) electrons. The predicted molar refractivity (Wildman–Crippen MR) is 95.1 cm³/mol. The molecule has 1 aliphatic heterocycles. The molecule has 1 aromatic heterocycles. The fourth-order valence-corrected chi connectivity index (χ4v) is 4.35. The lowest BCUT2D eigenvalue weighted by Gasteiger charge is -2.29. The number of hydrogen-bond donors (Lipinski definition) is 2. The lowest BCUT2D eigenvalue weighted by atomic mass is 9.96. The highest BCUT2D eigenvalue weighted by Crippen LogP contribution is 2.23. The second-order valence-corrected chi connectivity index (χ2v) is 8.42. The number of carbonyl (C=O) groups excluding carboxylic acids is 2. The Bertz CT molecular complexity index is 567. The van der Waals surface area contributed by atoms with Gasteiger partial charge in [0.2, 0.25) is 5.91 Å². The van der Waals surface area contributed by atoms with Crippen LogP contribution in [-0.4, -0.2) is 42.9 Å². The maximum absolute atomic E-state index is 12.6. The molecule has 0 saturated carbocycles. The monoisotopic (exact) mass is 400 g/mol. The molecule has 2 rings (SSSR count). The maximum atomic E-state index is 12.6. The largest absolute Gasteiger partial charge is 0.369 e. The first-order valence-corrected chi connectivity index (χ1v) is 9.36. The molecule has 0 bridgehead atoms. The van der Waals surface area contributed by atoms with Gasteiger partial charge >= 0.3 is 0 Å². The number of thiophene rings is 1. The van der Waals surface area contributed by atoms with Crippen LogP contribution in [0.3, 0.4) is 0 Å². The van der Waals surface area contributed by atoms with Crippen LogP contribution in [-0.2, 0) is 16.1 Å². The van der Waals surface area contributed by atoms with Crippen molar-refractivity contribution in [3.05, 3.63) is 33.5 Å². The second kappa shape index (κ2) is 8.61. The van der Waals surface area contributed by atoms with E-state index in [0.717, 1.165) is 34.6 Å². The number of nitrogens with two attached hydrogens (primary N) is 1. The summed E-state index contributed by atoms with van der Waals surface area (Å²) in [6, 6.07) is 4.03. The summed E-state index contributed by atoms with van der Waals surface area (Å²) in [4.78, 5) is 28.0. The van der Waals surface area contributed by atoms with Crippen molar-refractivity contribution >= 4 is 39.1 Å². The molecular formula is C16H23BrN3O2S+. The van der Waals surface area contributed by atoms with Crippen molar-refractivity contribution in [2.45, 2.75) is 19.4 Å². The number of hydrogen-bond acceptors (Lipinski definition) is 3. The molecule has 0 atom stereocenters. The number of halogens is 1. The third-order valence-electron chi connectivity index (χ3n) is 4.17. The number of likely N-dealkylation sites (tertiary alicyclic amines) is 1. The molecule has 1 saturated heterocycles. The van der Waals surface area contributed by atoms with E-state index in [0.29, 0.717) is 19.6 Å². The fourth-order valence-electron chi connectivity index (χ4n) is 2.85. The second-order valence-electron chi connectivity index (χ2n) is 5.87. The first-order chi connectivity index (χ1) is 11.0. The van der Waals surface area contributed by atoms with Crippen LogP contribution >= 0.6 is 27.3 Å². The third kappa shape index (κ3) is 5.44. The Balaban J connectivity index is 1.88. The summed E-state index contributed by atoms with van der Waals surface area (Å²) in [6.45, 7) is 7.02. The van der Waals surface area contributed by atoms with Gasteiger partial charge in [0, 0.05) is 30.2 Å². The lowest BCUT2D eigenvalue weighted by Crippen LogP contribution is -3.14. The quantitative estimate of drug-likeness (QED) is 0.664. The van der Waals surface area contributed by atoms with Crippen molar-refractivity contribution in [3.8, 4) is 0 Å². The van der Waals surface area contributed by atoms with Crippen molar-refractivity contribution in [2.24, 2.45) is 11.7 Å². The predicted octanol–water partition coefficient (Wildman–Crippen LogP) is 0.805. The van der Waals surface area contributed by atoms with E-state index in [1.54, 1.807) is 17.4 Å². The van der Waals surface area contributed by atoms with Crippen LogP contribution < -0.4 is 10.6 Å². The summed E-state index contributed by atoms with van der Waals surface area (Å²) < 4.78 is 1.07. The fraction of sp³-hybridized carbons (Fsp3) is 0.500.